The lowest BCUT2D eigenvalue weighted by Crippen LogP contribution is -2.39. The van der Waals surface area contributed by atoms with Gasteiger partial charge < -0.3 is 19.9 Å². The number of hydrogen-bond donors (Lipinski definition) is 2. The highest BCUT2D eigenvalue weighted by Crippen LogP contribution is 2.23. The van der Waals surface area contributed by atoms with Crippen molar-refractivity contribution in [3.05, 3.63) is 82.9 Å². The molecule has 0 aliphatic rings. The lowest BCUT2D eigenvalue weighted by molar-refractivity contribution is 0.237. The number of imidazole rings is 1. The van der Waals surface area contributed by atoms with Crippen LogP contribution in [-0.4, -0.2) is 22.7 Å². The van der Waals surface area contributed by atoms with E-state index in [-0.39, 0.29) is 6.03 Å². The summed E-state index contributed by atoms with van der Waals surface area (Å²) < 4.78 is 7.09. The van der Waals surface area contributed by atoms with Gasteiger partial charge in [-0.25, -0.2) is 9.78 Å². The van der Waals surface area contributed by atoms with E-state index in [1.807, 2.05) is 60.3 Å². The van der Waals surface area contributed by atoms with Crippen LogP contribution in [0.3, 0.4) is 0 Å². The third-order valence-corrected chi connectivity index (χ3v) is 4.61. The van der Waals surface area contributed by atoms with Gasteiger partial charge in [-0.2, -0.15) is 0 Å². The van der Waals surface area contributed by atoms with Gasteiger partial charge in [0.05, 0.1) is 7.11 Å². The zero-order valence-corrected chi connectivity index (χ0v) is 15.9. The molecule has 3 rings (SSSR count). The number of methoxy groups -OCH3 is 1. The zero-order chi connectivity index (χ0) is 19.2. The highest BCUT2D eigenvalue weighted by atomic mass is 35.5. The molecule has 6 nitrogen and oxygen atoms in total. The number of benzene rings is 2. The number of aromatic nitrogens is 2. The van der Waals surface area contributed by atoms with Crippen LogP contribution in [0.2, 0.25) is 5.02 Å². The van der Waals surface area contributed by atoms with Crippen molar-refractivity contribution in [3.63, 3.8) is 0 Å². The van der Waals surface area contributed by atoms with Gasteiger partial charge in [-0.3, -0.25) is 0 Å². The molecule has 0 fully saturated rings. The van der Waals surface area contributed by atoms with Crippen molar-refractivity contribution >= 4 is 17.6 Å². The van der Waals surface area contributed by atoms with Gasteiger partial charge in [-0.15, -0.1) is 0 Å². The topological polar surface area (TPSA) is 68.2 Å². The van der Waals surface area contributed by atoms with Gasteiger partial charge in [0.25, 0.3) is 0 Å². The Labute approximate surface area is 163 Å². The smallest absolute Gasteiger partial charge is 0.315 e. The van der Waals surface area contributed by atoms with E-state index in [2.05, 4.69) is 15.6 Å². The Hall–Kier alpha value is -2.99. The minimum atomic E-state index is -0.401. The van der Waals surface area contributed by atoms with E-state index in [9.17, 15) is 4.79 Å². The van der Waals surface area contributed by atoms with Crippen LogP contribution in [0.1, 0.15) is 23.0 Å². The van der Waals surface area contributed by atoms with Crippen LogP contribution in [0.15, 0.2) is 60.9 Å². The van der Waals surface area contributed by atoms with E-state index < -0.39 is 6.04 Å². The maximum Gasteiger partial charge on any atom is 0.315 e. The van der Waals surface area contributed by atoms with Crippen molar-refractivity contribution < 1.29 is 9.53 Å². The van der Waals surface area contributed by atoms with E-state index >= 15 is 0 Å². The number of nitrogens with one attached hydrogen (secondary N) is 2. The van der Waals surface area contributed by atoms with Gasteiger partial charge in [-0.05, 0) is 29.3 Å². The molecule has 3 aromatic rings. The fourth-order valence-corrected chi connectivity index (χ4v) is 2.95. The van der Waals surface area contributed by atoms with Crippen molar-refractivity contribution in [2.75, 3.05) is 7.11 Å². The van der Waals surface area contributed by atoms with Crippen molar-refractivity contribution in [3.8, 4) is 5.75 Å². The zero-order valence-electron chi connectivity index (χ0n) is 15.1. The van der Waals surface area contributed by atoms with E-state index in [4.69, 9.17) is 16.3 Å². The van der Waals surface area contributed by atoms with E-state index in [0.29, 0.717) is 11.6 Å². The molecule has 1 atom stereocenters. The van der Waals surface area contributed by atoms with Crippen LogP contribution >= 0.6 is 11.6 Å². The van der Waals surface area contributed by atoms with E-state index in [1.54, 1.807) is 19.4 Å². The minimum Gasteiger partial charge on any atom is -0.497 e. The van der Waals surface area contributed by atoms with Crippen LogP contribution in [-0.2, 0) is 13.6 Å². The first kappa shape index (κ1) is 18.8. The first-order valence-corrected chi connectivity index (χ1v) is 8.85. The Balaban J connectivity index is 1.76. The number of rotatable bonds is 6. The SMILES string of the molecule is COc1ccc(C(NC(=O)NCc2ccccc2Cl)c2nccn2C)cc1. The Morgan fingerprint density at radius 3 is 2.59 bits per heavy atom. The quantitative estimate of drug-likeness (QED) is 0.681. The van der Waals surface area contributed by atoms with Gasteiger partial charge in [0.1, 0.15) is 17.6 Å². The molecule has 7 heteroatoms. The summed E-state index contributed by atoms with van der Waals surface area (Å²) in [6, 6.07) is 14.2. The molecule has 0 spiro atoms. The molecule has 1 aromatic heterocycles. The average molecular weight is 385 g/mol. The standard InChI is InChI=1S/C20H21ClN4O2/c1-25-12-11-22-19(25)18(14-7-9-16(27-2)10-8-14)24-20(26)23-13-15-5-3-4-6-17(15)21/h3-12,18H,13H2,1-2H3,(H2,23,24,26). The molecule has 140 valence electrons. The summed E-state index contributed by atoms with van der Waals surface area (Å²) in [5.41, 5.74) is 1.75. The molecule has 1 heterocycles. The second-order valence-electron chi connectivity index (χ2n) is 6.02. The first-order valence-electron chi connectivity index (χ1n) is 8.47. The number of hydrogen-bond acceptors (Lipinski definition) is 3. The molecule has 2 amide bonds. The number of urea groups is 1. The third-order valence-electron chi connectivity index (χ3n) is 4.24. The molecule has 2 aromatic carbocycles. The molecule has 0 radical (unpaired) electrons. The first-order chi connectivity index (χ1) is 13.1. The van der Waals surface area contributed by atoms with Crippen molar-refractivity contribution in [2.45, 2.75) is 12.6 Å². The fourth-order valence-electron chi connectivity index (χ4n) is 2.75. The van der Waals surface area contributed by atoms with Crippen LogP contribution in [0.4, 0.5) is 4.79 Å². The van der Waals surface area contributed by atoms with Crippen LogP contribution < -0.4 is 15.4 Å². The number of aryl methyl sites for hydroxylation is 1. The molecule has 27 heavy (non-hydrogen) atoms. The van der Waals surface area contributed by atoms with Gasteiger partial charge >= 0.3 is 6.03 Å². The highest BCUT2D eigenvalue weighted by molar-refractivity contribution is 6.31. The Bertz CT molecular complexity index is 908. The van der Waals surface area contributed by atoms with Crippen molar-refractivity contribution in [1.82, 2.24) is 20.2 Å². The maximum absolute atomic E-state index is 12.5. The van der Waals surface area contributed by atoms with E-state index in [0.717, 1.165) is 22.7 Å². The summed E-state index contributed by atoms with van der Waals surface area (Å²) in [5.74, 6) is 1.48. The number of halogens is 1. The lowest BCUT2D eigenvalue weighted by Gasteiger charge is -2.20. The molecule has 0 saturated carbocycles. The lowest BCUT2D eigenvalue weighted by atomic mass is 10.1. The predicted molar refractivity (Wildman–Crippen MR) is 105 cm³/mol. The van der Waals surface area contributed by atoms with E-state index in [1.165, 1.54) is 0 Å². The summed E-state index contributed by atoms with van der Waals surface area (Å²) >= 11 is 6.14. The van der Waals surface area contributed by atoms with Crippen LogP contribution in [0, 0.1) is 0 Å². The second kappa shape index (κ2) is 8.60. The number of nitrogens with zero attached hydrogens (tertiary/aromatic N) is 2. The molecule has 0 bridgehead atoms. The summed E-state index contributed by atoms with van der Waals surface area (Å²) in [4.78, 5) is 16.9. The average Bonchev–Trinajstić information content (AvgIpc) is 3.11. The van der Waals surface area contributed by atoms with Crippen LogP contribution in [0.25, 0.3) is 0 Å². The number of carbonyl (C=O) groups is 1. The van der Waals surface area contributed by atoms with Gasteiger partial charge in [0, 0.05) is 31.0 Å². The molecule has 1 unspecified atom stereocenters. The molecule has 2 N–H and O–H groups in total. The van der Waals surface area contributed by atoms with Crippen molar-refractivity contribution in [1.29, 1.82) is 0 Å². The largest absolute Gasteiger partial charge is 0.497 e. The summed E-state index contributed by atoms with van der Waals surface area (Å²) in [7, 11) is 3.51. The predicted octanol–water partition coefficient (Wildman–Crippen LogP) is 3.67. The summed E-state index contributed by atoms with van der Waals surface area (Å²) in [6.07, 6.45) is 3.55. The fraction of sp³-hybridized carbons (Fsp3) is 0.200. The molecule has 0 saturated heterocycles. The number of amides is 2. The summed E-state index contributed by atoms with van der Waals surface area (Å²) in [6.45, 7) is 0.335. The van der Waals surface area contributed by atoms with Crippen molar-refractivity contribution in [2.24, 2.45) is 7.05 Å². The Morgan fingerprint density at radius 1 is 1.22 bits per heavy atom. The summed E-state index contributed by atoms with van der Waals surface area (Å²) in [5, 5.41) is 6.45. The Morgan fingerprint density at radius 2 is 1.96 bits per heavy atom. The molecule has 0 aliphatic carbocycles. The Kier molecular flexibility index (Phi) is 5.98. The molecular weight excluding hydrogens is 364 g/mol. The second-order valence-corrected chi connectivity index (χ2v) is 6.43. The normalized spacial score (nSPS) is 11.7. The molecule has 0 aliphatic heterocycles. The maximum atomic E-state index is 12.5. The minimum absolute atomic E-state index is 0.307. The van der Waals surface area contributed by atoms with Gasteiger partial charge in [0.2, 0.25) is 0 Å². The third kappa shape index (κ3) is 4.60. The van der Waals surface area contributed by atoms with Gasteiger partial charge in [0.15, 0.2) is 0 Å². The van der Waals surface area contributed by atoms with Crippen LogP contribution in [0.5, 0.6) is 5.75 Å². The number of carbonyl (C=O) groups excluding carboxylic acids is 1. The number of ether oxygens (including phenoxy) is 1. The monoisotopic (exact) mass is 384 g/mol. The molecular formula is C20H21ClN4O2. The highest BCUT2D eigenvalue weighted by Gasteiger charge is 2.20. The van der Waals surface area contributed by atoms with Gasteiger partial charge in [-0.1, -0.05) is 41.9 Å².